The lowest BCUT2D eigenvalue weighted by Gasteiger charge is -2.22. The quantitative estimate of drug-likeness (QED) is 0.238. The molecule has 0 unspecified atom stereocenters. The third-order valence-corrected chi connectivity index (χ3v) is 8.71. The van der Waals surface area contributed by atoms with Gasteiger partial charge in [-0.2, -0.15) is 26.3 Å². The van der Waals surface area contributed by atoms with Crippen molar-refractivity contribution in [1.82, 2.24) is 9.44 Å². The first kappa shape index (κ1) is 26.0. The maximum atomic E-state index is 13.2. The summed E-state index contributed by atoms with van der Waals surface area (Å²) in [6.45, 7) is 0. The van der Waals surface area contributed by atoms with Crippen LogP contribution in [-0.4, -0.2) is 66.1 Å². The smallest absolute Gasteiger partial charge is 0.279 e. The SMILES string of the molecule is O=C1c2cccc(S(=O)(=O)NCS(=O)(=O)O)c2C(=O)c2cccc(S(=O)(=O)NCS(=O)(=O)O)c21. The summed E-state index contributed by atoms with van der Waals surface area (Å²) < 4.78 is 115. The van der Waals surface area contributed by atoms with E-state index in [-0.39, 0.29) is 0 Å². The van der Waals surface area contributed by atoms with Gasteiger partial charge in [0, 0.05) is 11.1 Å². The molecule has 0 saturated heterocycles. The van der Waals surface area contributed by atoms with Gasteiger partial charge < -0.3 is 0 Å². The van der Waals surface area contributed by atoms with Crippen LogP contribution in [0.25, 0.3) is 0 Å². The van der Waals surface area contributed by atoms with Gasteiger partial charge in [-0.05, 0) is 12.1 Å². The molecule has 14 nitrogen and oxygen atoms in total. The fourth-order valence-corrected chi connectivity index (χ4v) is 7.29. The van der Waals surface area contributed by atoms with Crippen LogP contribution in [0.2, 0.25) is 0 Å². The van der Waals surface area contributed by atoms with Gasteiger partial charge in [-0.25, -0.2) is 16.8 Å². The van der Waals surface area contributed by atoms with Crippen molar-refractivity contribution in [3.8, 4) is 0 Å². The summed E-state index contributed by atoms with van der Waals surface area (Å²) in [5, 5.41) is 0. The number of nitrogens with one attached hydrogen (secondary N) is 2. The van der Waals surface area contributed by atoms with Crippen molar-refractivity contribution >= 4 is 51.8 Å². The Kier molecular flexibility index (Phi) is 6.56. The highest BCUT2D eigenvalue weighted by atomic mass is 32.2. The molecule has 3 rings (SSSR count). The molecule has 0 aliphatic heterocycles. The van der Waals surface area contributed by atoms with E-state index in [1.54, 1.807) is 9.44 Å². The van der Waals surface area contributed by atoms with Gasteiger partial charge >= 0.3 is 0 Å². The Bertz CT molecular complexity index is 1530. The number of fused-ring (bicyclic) bond motifs is 2. The van der Waals surface area contributed by atoms with E-state index in [2.05, 4.69) is 0 Å². The summed E-state index contributed by atoms with van der Waals surface area (Å²) in [7, 11) is -19.0. The molecule has 34 heavy (non-hydrogen) atoms. The predicted octanol–water partition coefficient (Wildman–Crippen LogP) is -1.29. The molecule has 18 heteroatoms. The van der Waals surface area contributed by atoms with E-state index in [9.17, 15) is 43.3 Å². The molecule has 0 bridgehead atoms. The molecule has 1 aliphatic rings. The zero-order valence-electron chi connectivity index (χ0n) is 16.5. The zero-order chi connectivity index (χ0) is 25.7. The van der Waals surface area contributed by atoms with Crippen LogP contribution in [0.1, 0.15) is 31.8 Å². The van der Waals surface area contributed by atoms with E-state index in [0.717, 1.165) is 36.4 Å². The average Bonchev–Trinajstić information content (AvgIpc) is 2.73. The Balaban J connectivity index is 2.18. The number of sulfonamides is 2. The average molecular weight is 555 g/mol. The Hall–Kier alpha value is -2.58. The second-order valence-corrected chi connectivity index (χ2v) is 13.1. The van der Waals surface area contributed by atoms with Gasteiger partial charge in [0.05, 0.1) is 20.9 Å². The van der Waals surface area contributed by atoms with E-state index >= 15 is 0 Å². The molecule has 0 saturated carbocycles. The molecule has 0 amide bonds. The van der Waals surface area contributed by atoms with Gasteiger partial charge in [0.15, 0.2) is 11.6 Å². The Morgan fingerprint density at radius 2 is 0.912 bits per heavy atom. The minimum absolute atomic E-state index is 0.523. The molecule has 0 heterocycles. The van der Waals surface area contributed by atoms with Crippen LogP contribution < -0.4 is 9.44 Å². The maximum absolute atomic E-state index is 13.2. The molecule has 0 fully saturated rings. The van der Waals surface area contributed by atoms with Crippen molar-refractivity contribution in [2.45, 2.75) is 9.79 Å². The summed E-state index contributed by atoms with van der Waals surface area (Å²) in [6, 6.07) is 5.96. The standard InChI is InChI=1S/C16H14N2O12S4/c19-15-9-3-1-5-11(33(27,28)17-7-31(21,22)23)13(9)16(20)10-4-2-6-12(14(10)15)34(29,30)18-8-32(24,25)26/h1-6,17-18H,7-8H2,(H,21,22,23)(H,24,25,26). The number of carbonyl (C=O) groups excluding carboxylic acids is 2. The van der Waals surface area contributed by atoms with Gasteiger partial charge in [0.2, 0.25) is 20.0 Å². The van der Waals surface area contributed by atoms with Crippen LogP contribution in [0, 0.1) is 0 Å². The molecule has 4 N–H and O–H groups in total. The van der Waals surface area contributed by atoms with Gasteiger partial charge in [-0.1, -0.05) is 24.3 Å². The molecule has 1 aliphatic carbocycles. The maximum Gasteiger partial charge on any atom is 0.279 e. The number of rotatable bonds is 8. The molecule has 0 spiro atoms. The Morgan fingerprint density at radius 1 is 0.588 bits per heavy atom. The topological polar surface area (TPSA) is 235 Å². The number of hydrogen-bond donors (Lipinski definition) is 4. The van der Waals surface area contributed by atoms with Crippen molar-refractivity contribution in [2.24, 2.45) is 0 Å². The highest BCUT2D eigenvalue weighted by Crippen LogP contribution is 2.34. The van der Waals surface area contributed by atoms with Crippen LogP contribution in [-0.2, 0) is 40.3 Å². The lowest BCUT2D eigenvalue weighted by molar-refractivity contribution is 0.0974. The second-order valence-electron chi connectivity index (χ2n) is 6.76. The first-order valence-corrected chi connectivity index (χ1v) is 14.9. The molecule has 0 aromatic heterocycles. The van der Waals surface area contributed by atoms with Crippen molar-refractivity contribution < 1.29 is 52.4 Å². The van der Waals surface area contributed by atoms with E-state index < -0.39 is 95.6 Å². The summed E-state index contributed by atoms with van der Waals surface area (Å²) in [4.78, 5) is 24.7. The third kappa shape index (κ3) is 5.23. The lowest BCUT2D eigenvalue weighted by Crippen LogP contribution is -2.34. The molecular formula is C16H14N2O12S4. The normalized spacial score (nSPS) is 14.5. The Labute approximate surface area is 193 Å². The molecular weight excluding hydrogens is 540 g/mol. The highest BCUT2D eigenvalue weighted by Gasteiger charge is 2.38. The van der Waals surface area contributed by atoms with Gasteiger partial charge in [0.25, 0.3) is 20.2 Å². The fourth-order valence-electron chi connectivity index (χ4n) is 3.09. The van der Waals surface area contributed by atoms with Crippen molar-refractivity contribution in [3.63, 3.8) is 0 Å². The molecule has 0 atom stereocenters. The van der Waals surface area contributed by atoms with Gasteiger partial charge in [-0.15, -0.1) is 0 Å². The van der Waals surface area contributed by atoms with Crippen LogP contribution in [0.3, 0.4) is 0 Å². The van der Waals surface area contributed by atoms with Crippen LogP contribution in [0.15, 0.2) is 46.2 Å². The summed E-state index contributed by atoms with van der Waals surface area (Å²) in [5.74, 6) is -5.02. The summed E-state index contributed by atoms with van der Waals surface area (Å²) in [5.41, 5.74) is -2.37. The first-order valence-electron chi connectivity index (χ1n) is 8.70. The van der Waals surface area contributed by atoms with Crippen molar-refractivity contribution in [1.29, 1.82) is 0 Å². The zero-order valence-corrected chi connectivity index (χ0v) is 19.8. The summed E-state index contributed by atoms with van der Waals surface area (Å²) in [6.07, 6.45) is 0. The van der Waals surface area contributed by atoms with Gasteiger partial charge in [-0.3, -0.25) is 18.7 Å². The monoisotopic (exact) mass is 554 g/mol. The minimum Gasteiger partial charge on any atom is -0.289 e. The Morgan fingerprint density at radius 3 is 1.21 bits per heavy atom. The third-order valence-electron chi connectivity index (χ3n) is 4.44. The van der Waals surface area contributed by atoms with Gasteiger partial charge in [0.1, 0.15) is 11.8 Å². The number of ketones is 2. The molecule has 2 aromatic carbocycles. The van der Waals surface area contributed by atoms with Crippen molar-refractivity contribution in [2.75, 3.05) is 11.8 Å². The predicted molar refractivity (Wildman–Crippen MR) is 113 cm³/mol. The molecule has 2 aromatic rings. The van der Waals surface area contributed by atoms with E-state index in [1.165, 1.54) is 0 Å². The van der Waals surface area contributed by atoms with E-state index in [4.69, 9.17) is 9.11 Å². The second kappa shape index (κ2) is 8.57. The van der Waals surface area contributed by atoms with Crippen LogP contribution in [0.5, 0.6) is 0 Å². The highest BCUT2D eigenvalue weighted by molar-refractivity contribution is 7.92. The minimum atomic E-state index is -4.77. The number of hydrogen-bond acceptors (Lipinski definition) is 10. The van der Waals surface area contributed by atoms with Crippen LogP contribution in [0.4, 0.5) is 0 Å². The van der Waals surface area contributed by atoms with Crippen molar-refractivity contribution in [3.05, 3.63) is 58.7 Å². The number of carbonyl (C=O) groups is 2. The largest absolute Gasteiger partial charge is 0.289 e. The molecule has 0 radical (unpaired) electrons. The fraction of sp³-hybridized carbons (Fsp3) is 0.125. The number of benzene rings is 2. The summed E-state index contributed by atoms with van der Waals surface area (Å²) >= 11 is 0. The lowest BCUT2D eigenvalue weighted by atomic mass is 9.84. The van der Waals surface area contributed by atoms with E-state index in [0.29, 0.717) is 0 Å². The first-order chi connectivity index (χ1) is 15.4. The van der Waals surface area contributed by atoms with Crippen LogP contribution >= 0.6 is 0 Å². The van der Waals surface area contributed by atoms with E-state index in [1.807, 2.05) is 0 Å². The molecule has 184 valence electrons.